The number of nitrogens with zero attached hydrogens (tertiary/aromatic N) is 1. The Labute approximate surface area is 167 Å². The Balaban J connectivity index is 3.01. The van der Waals surface area contributed by atoms with Crippen molar-refractivity contribution >= 4 is 23.5 Å². The van der Waals surface area contributed by atoms with Gasteiger partial charge < -0.3 is 19.7 Å². The Morgan fingerprint density at radius 2 is 1.43 bits per heavy atom. The maximum absolute atomic E-state index is 12.3. The lowest BCUT2D eigenvalue weighted by Gasteiger charge is -2.28. The SMILES string of the molecule is CCOC(=O)C(C(=O)OCC)N(Cc1ccc(NC(CC)CC)cc1)C(C)=O. The lowest BCUT2D eigenvalue weighted by Crippen LogP contribution is -2.50. The number of anilines is 1. The van der Waals surface area contributed by atoms with E-state index >= 15 is 0 Å². The maximum atomic E-state index is 12.3. The normalized spacial score (nSPS) is 10.7. The monoisotopic (exact) mass is 392 g/mol. The molecule has 0 fully saturated rings. The van der Waals surface area contributed by atoms with Crippen LogP contribution in [-0.4, -0.2) is 48.0 Å². The molecule has 0 aromatic heterocycles. The van der Waals surface area contributed by atoms with Crippen LogP contribution < -0.4 is 5.32 Å². The summed E-state index contributed by atoms with van der Waals surface area (Å²) in [5.74, 6) is -1.99. The Morgan fingerprint density at radius 1 is 0.929 bits per heavy atom. The third-order valence-corrected chi connectivity index (χ3v) is 4.40. The second-order valence-electron chi connectivity index (χ2n) is 6.41. The van der Waals surface area contributed by atoms with E-state index in [1.165, 1.54) is 11.8 Å². The minimum absolute atomic E-state index is 0.100. The van der Waals surface area contributed by atoms with Crippen LogP contribution in [0.1, 0.15) is 53.0 Å². The Morgan fingerprint density at radius 3 is 1.82 bits per heavy atom. The van der Waals surface area contributed by atoms with E-state index in [9.17, 15) is 14.4 Å². The van der Waals surface area contributed by atoms with Gasteiger partial charge in [0.25, 0.3) is 0 Å². The van der Waals surface area contributed by atoms with Gasteiger partial charge >= 0.3 is 11.9 Å². The minimum Gasteiger partial charge on any atom is -0.464 e. The first-order valence-corrected chi connectivity index (χ1v) is 9.83. The van der Waals surface area contributed by atoms with Crippen LogP contribution in [0.4, 0.5) is 5.69 Å². The highest BCUT2D eigenvalue weighted by Gasteiger charge is 2.37. The van der Waals surface area contributed by atoms with Crippen molar-refractivity contribution in [3.8, 4) is 0 Å². The van der Waals surface area contributed by atoms with Crippen LogP contribution in [0.2, 0.25) is 0 Å². The van der Waals surface area contributed by atoms with Gasteiger partial charge in [-0.25, -0.2) is 9.59 Å². The van der Waals surface area contributed by atoms with Gasteiger partial charge in [-0.05, 0) is 44.4 Å². The molecule has 0 saturated heterocycles. The average Bonchev–Trinajstić information content (AvgIpc) is 2.67. The van der Waals surface area contributed by atoms with Crippen LogP contribution >= 0.6 is 0 Å². The molecule has 1 aromatic carbocycles. The number of ether oxygens (including phenoxy) is 2. The number of nitrogens with one attached hydrogen (secondary N) is 1. The third kappa shape index (κ3) is 6.87. The summed E-state index contributed by atoms with van der Waals surface area (Å²) in [5.41, 5.74) is 1.78. The van der Waals surface area contributed by atoms with Crippen molar-refractivity contribution < 1.29 is 23.9 Å². The number of carbonyl (C=O) groups excluding carboxylic acids is 3. The number of hydrogen-bond donors (Lipinski definition) is 1. The van der Waals surface area contributed by atoms with Gasteiger partial charge in [0.2, 0.25) is 11.9 Å². The third-order valence-electron chi connectivity index (χ3n) is 4.40. The molecule has 1 amide bonds. The van der Waals surface area contributed by atoms with E-state index in [0.29, 0.717) is 6.04 Å². The minimum atomic E-state index is -1.42. The molecule has 0 aliphatic heterocycles. The average molecular weight is 392 g/mol. The zero-order valence-electron chi connectivity index (χ0n) is 17.5. The van der Waals surface area contributed by atoms with Gasteiger partial charge in [-0.3, -0.25) is 4.79 Å². The zero-order chi connectivity index (χ0) is 21.1. The smallest absolute Gasteiger partial charge is 0.340 e. The topological polar surface area (TPSA) is 84.9 Å². The number of amides is 1. The molecule has 0 unspecified atom stereocenters. The van der Waals surface area contributed by atoms with Crippen LogP contribution in [0, 0.1) is 0 Å². The number of rotatable bonds is 11. The van der Waals surface area contributed by atoms with Crippen LogP contribution in [-0.2, 0) is 30.4 Å². The number of benzene rings is 1. The van der Waals surface area contributed by atoms with Crippen LogP contribution in [0.15, 0.2) is 24.3 Å². The van der Waals surface area contributed by atoms with Crippen LogP contribution in [0.25, 0.3) is 0 Å². The van der Waals surface area contributed by atoms with Gasteiger partial charge in [-0.1, -0.05) is 26.0 Å². The van der Waals surface area contributed by atoms with Crippen molar-refractivity contribution in [1.82, 2.24) is 4.90 Å². The standard InChI is InChI=1S/C21H32N2O5/c1-6-17(7-2)22-18-12-10-16(11-13-18)14-23(15(5)24)19(20(25)27-8-3)21(26)28-9-4/h10-13,17,19,22H,6-9,14H2,1-5H3. The first-order valence-electron chi connectivity index (χ1n) is 9.83. The summed E-state index contributed by atoms with van der Waals surface area (Å²) in [5, 5.41) is 3.45. The largest absolute Gasteiger partial charge is 0.464 e. The van der Waals surface area contributed by atoms with E-state index in [-0.39, 0.29) is 19.8 Å². The van der Waals surface area contributed by atoms with E-state index < -0.39 is 23.9 Å². The van der Waals surface area contributed by atoms with E-state index in [1.54, 1.807) is 13.8 Å². The quantitative estimate of drug-likeness (QED) is 0.460. The van der Waals surface area contributed by atoms with E-state index in [1.807, 2.05) is 24.3 Å². The summed E-state index contributed by atoms with van der Waals surface area (Å²) in [6.07, 6.45) is 2.05. The first-order chi connectivity index (χ1) is 13.4. The molecule has 156 valence electrons. The summed E-state index contributed by atoms with van der Waals surface area (Å²) < 4.78 is 9.97. The highest BCUT2D eigenvalue weighted by molar-refractivity contribution is 6.02. The fourth-order valence-electron chi connectivity index (χ4n) is 2.81. The predicted octanol–water partition coefficient (Wildman–Crippen LogP) is 3.13. The summed E-state index contributed by atoms with van der Waals surface area (Å²) in [4.78, 5) is 38.0. The molecule has 1 rings (SSSR count). The van der Waals surface area contributed by atoms with Crippen molar-refractivity contribution in [3.05, 3.63) is 29.8 Å². The fourth-order valence-corrected chi connectivity index (χ4v) is 2.81. The van der Waals surface area contributed by atoms with Crippen molar-refractivity contribution in [3.63, 3.8) is 0 Å². The van der Waals surface area contributed by atoms with Crippen molar-refractivity contribution in [2.75, 3.05) is 18.5 Å². The molecule has 28 heavy (non-hydrogen) atoms. The molecule has 0 heterocycles. The maximum Gasteiger partial charge on any atom is 0.340 e. The van der Waals surface area contributed by atoms with Gasteiger partial charge in [-0.2, -0.15) is 0 Å². The van der Waals surface area contributed by atoms with Crippen LogP contribution in [0.5, 0.6) is 0 Å². The molecule has 0 aliphatic carbocycles. The molecule has 7 heteroatoms. The fraction of sp³-hybridized carbons (Fsp3) is 0.571. The molecule has 1 N–H and O–H groups in total. The molecule has 1 aromatic rings. The summed E-state index contributed by atoms with van der Waals surface area (Å²) in [7, 11) is 0. The van der Waals surface area contributed by atoms with Gasteiger partial charge in [0.05, 0.1) is 13.2 Å². The molecule has 0 aliphatic rings. The highest BCUT2D eigenvalue weighted by Crippen LogP contribution is 2.17. The molecule has 0 spiro atoms. The van der Waals surface area contributed by atoms with Crippen LogP contribution in [0.3, 0.4) is 0 Å². The number of esters is 2. The van der Waals surface area contributed by atoms with Gasteiger partial charge in [-0.15, -0.1) is 0 Å². The molecule has 7 nitrogen and oxygen atoms in total. The van der Waals surface area contributed by atoms with Crippen molar-refractivity contribution in [1.29, 1.82) is 0 Å². The molecule has 0 atom stereocenters. The second kappa shape index (κ2) is 12.0. The summed E-state index contributed by atoms with van der Waals surface area (Å²) in [6, 6.07) is 6.57. The molecular formula is C21H32N2O5. The molecule has 0 radical (unpaired) electrons. The number of hydrogen-bond acceptors (Lipinski definition) is 6. The Bertz CT molecular complexity index is 623. The van der Waals surface area contributed by atoms with Gasteiger partial charge in [0.1, 0.15) is 0 Å². The molecule has 0 saturated carbocycles. The van der Waals surface area contributed by atoms with E-state index in [4.69, 9.17) is 9.47 Å². The Hall–Kier alpha value is -2.57. The van der Waals surface area contributed by atoms with Crippen molar-refractivity contribution in [2.45, 2.75) is 66.1 Å². The summed E-state index contributed by atoms with van der Waals surface area (Å²) >= 11 is 0. The van der Waals surface area contributed by atoms with E-state index in [0.717, 1.165) is 24.1 Å². The van der Waals surface area contributed by atoms with Gasteiger partial charge in [0, 0.05) is 25.2 Å². The van der Waals surface area contributed by atoms with E-state index in [2.05, 4.69) is 19.2 Å². The predicted molar refractivity (Wildman–Crippen MR) is 108 cm³/mol. The summed E-state index contributed by atoms with van der Waals surface area (Å²) in [6.45, 7) is 9.18. The Kier molecular flexibility index (Phi) is 10.1. The van der Waals surface area contributed by atoms with Gasteiger partial charge in [0.15, 0.2) is 0 Å². The molecule has 0 bridgehead atoms. The second-order valence-corrected chi connectivity index (χ2v) is 6.41. The zero-order valence-corrected chi connectivity index (χ0v) is 17.5. The lowest BCUT2D eigenvalue weighted by molar-refractivity contribution is -0.167. The van der Waals surface area contributed by atoms with Crippen molar-refractivity contribution in [2.24, 2.45) is 0 Å². The first kappa shape index (κ1) is 23.5. The lowest BCUT2D eigenvalue weighted by atomic mass is 10.1. The number of carbonyl (C=O) groups is 3. The highest BCUT2D eigenvalue weighted by atomic mass is 16.6. The molecular weight excluding hydrogens is 360 g/mol.